The standard InChI is InChI=1S/C19H24N2O3.C14H18.C2H5NO.C2H6.CH4/c1-12-7-18(19(23,9-12)17(22)10-20)24-13(2)8-14-11-21-16-6-4-3-5-15(14)16;1-5-13(10-11(2)3)14-9-7-6-8-12(14)4;3-1-2-4;1-2;/h3-6,11-12,18,21,23H,2,7-10,20H2,1H3;5-9H,2,10H2,1,3-4H3;2H,1,3H2;1-2H3;1H4/b;13-5-;;;. The highest BCUT2D eigenvalue weighted by Gasteiger charge is 2.51. The zero-order valence-electron chi connectivity index (χ0n) is 27.5. The third kappa shape index (κ3) is 12.3. The van der Waals surface area contributed by atoms with Crippen LogP contribution in [0.2, 0.25) is 0 Å². The maximum Gasteiger partial charge on any atom is 0.181 e. The second-order valence-electron chi connectivity index (χ2n) is 10.9. The van der Waals surface area contributed by atoms with Crippen LogP contribution in [-0.2, 0) is 20.7 Å². The Morgan fingerprint density at radius 2 is 1.73 bits per heavy atom. The Balaban J connectivity index is 0.000000786. The average molecular weight is 620 g/mol. The van der Waals surface area contributed by atoms with E-state index in [4.69, 9.17) is 15.3 Å². The summed E-state index contributed by atoms with van der Waals surface area (Å²) in [6, 6.07) is 16.5. The lowest BCUT2D eigenvalue weighted by atomic mass is 9.93. The van der Waals surface area contributed by atoms with E-state index in [0.717, 1.165) is 22.9 Å². The van der Waals surface area contributed by atoms with Gasteiger partial charge in [0.25, 0.3) is 0 Å². The largest absolute Gasteiger partial charge is 0.492 e. The number of para-hydroxylation sites is 1. The zero-order chi connectivity index (χ0) is 33.3. The van der Waals surface area contributed by atoms with Crippen molar-refractivity contribution in [3.63, 3.8) is 0 Å². The number of aryl methyl sites for hydroxylation is 1. The molecule has 1 aromatic heterocycles. The number of benzene rings is 2. The molecule has 4 rings (SSSR count). The first-order valence-electron chi connectivity index (χ1n) is 15.3. The summed E-state index contributed by atoms with van der Waals surface area (Å²) in [5.74, 6) is 0.384. The molecule has 0 spiro atoms. The van der Waals surface area contributed by atoms with Crippen molar-refractivity contribution >= 4 is 28.5 Å². The van der Waals surface area contributed by atoms with E-state index in [2.05, 4.69) is 75.0 Å². The number of fused-ring (bicyclic) bond motifs is 1. The van der Waals surface area contributed by atoms with Crippen LogP contribution in [0.15, 0.2) is 85.3 Å². The van der Waals surface area contributed by atoms with Crippen LogP contribution < -0.4 is 11.5 Å². The molecule has 45 heavy (non-hydrogen) atoms. The number of allylic oxidation sites excluding steroid dienone is 4. The first kappa shape index (κ1) is 41.2. The lowest BCUT2D eigenvalue weighted by Crippen LogP contribution is -2.49. The topological polar surface area (TPSA) is 131 Å². The fourth-order valence-corrected chi connectivity index (χ4v) is 5.27. The van der Waals surface area contributed by atoms with Crippen molar-refractivity contribution in [2.45, 2.75) is 86.4 Å². The van der Waals surface area contributed by atoms with Crippen molar-refractivity contribution in [2.75, 3.05) is 13.1 Å². The number of nitrogens with one attached hydrogen (secondary N) is 1. The molecular weight excluding hydrogens is 562 g/mol. The van der Waals surface area contributed by atoms with Gasteiger partial charge in [0.15, 0.2) is 11.4 Å². The summed E-state index contributed by atoms with van der Waals surface area (Å²) in [6.45, 7) is 20.2. The number of hydrogen-bond donors (Lipinski definition) is 4. The van der Waals surface area contributed by atoms with E-state index in [1.807, 2.05) is 51.2 Å². The molecule has 2 aromatic carbocycles. The highest BCUT2D eigenvalue weighted by atomic mass is 16.5. The number of aldehydes is 1. The minimum absolute atomic E-state index is 0. The number of aromatic amines is 1. The number of aromatic nitrogens is 1. The Morgan fingerprint density at radius 1 is 1.13 bits per heavy atom. The van der Waals surface area contributed by atoms with Gasteiger partial charge in [-0.25, -0.2) is 0 Å². The van der Waals surface area contributed by atoms with Crippen LogP contribution in [0.25, 0.3) is 16.5 Å². The summed E-state index contributed by atoms with van der Waals surface area (Å²) in [5, 5.41) is 11.9. The number of H-pyrrole nitrogens is 1. The first-order valence-corrected chi connectivity index (χ1v) is 15.3. The zero-order valence-corrected chi connectivity index (χ0v) is 27.5. The minimum atomic E-state index is -1.50. The van der Waals surface area contributed by atoms with Gasteiger partial charge in [-0.05, 0) is 74.3 Å². The molecule has 6 N–H and O–H groups in total. The van der Waals surface area contributed by atoms with Crippen molar-refractivity contribution in [3.8, 4) is 0 Å². The molecule has 0 saturated heterocycles. The van der Waals surface area contributed by atoms with E-state index in [9.17, 15) is 9.90 Å². The maximum absolute atomic E-state index is 12.1. The minimum Gasteiger partial charge on any atom is -0.492 e. The third-order valence-electron chi connectivity index (χ3n) is 7.28. The van der Waals surface area contributed by atoms with Crippen LogP contribution in [0.4, 0.5) is 0 Å². The molecule has 3 atom stereocenters. The average Bonchev–Trinajstić information content (AvgIpc) is 3.56. The molecule has 3 aromatic rings. The normalized spacial score (nSPS) is 18.5. The molecule has 248 valence electrons. The van der Waals surface area contributed by atoms with Crippen molar-refractivity contribution in [1.82, 2.24) is 4.98 Å². The lowest BCUT2D eigenvalue weighted by molar-refractivity contribution is -0.146. The Labute approximate surface area is 271 Å². The van der Waals surface area contributed by atoms with Gasteiger partial charge in [-0.1, -0.05) is 95.5 Å². The van der Waals surface area contributed by atoms with E-state index < -0.39 is 11.7 Å². The number of hydrogen-bond acceptors (Lipinski definition) is 6. The second kappa shape index (κ2) is 21.0. The number of ether oxygens (including phenoxy) is 1. The van der Waals surface area contributed by atoms with Crippen molar-refractivity contribution in [3.05, 3.63) is 102 Å². The van der Waals surface area contributed by atoms with Crippen molar-refractivity contribution < 1.29 is 19.4 Å². The monoisotopic (exact) mass is 619 g/mol. The summed E-state index contributed by atoms with van der Waals surface area (Å²) in [4.78, 5) is 24.3. The molecule has 7 heteroatoms. The molecule has 1 aliphatic rings. The van der Waals surface area contributed by atoms with E-state index in [1.54, 1.807) is 0 Å². The van der Waals surface area contributed by atoms with Gasteiger partial charge >= 0.3 is 0 Å². The van der Waals surface area contributed by atoms with Gasteiger partial charge < -0.3 is 31.1 Å². The van der Waals surface area contributed by atoms with Crippen LogP contribution in [-0.4, -0.2) is 47.0 Å². The fraction of sp³-hybridized carbons (Fsp3) is 0.421. The predicted molar refractivity (Wildman–Crippen MR) is 191 cm³/mol. The van der Waals surface area contributed by atoms with Crippen LogP contribution >= 0.6 is 0 Å². The number of Topliss-reactive ketones (excluding diaryl/α,β-unsaturated/α-hetero) is 1. The van der Waals surface area contributed by atoms with E-state index >= 15 is 0 Å². The molecule has 0 radical (unpaired) electrons. The number of aliphatic hydroxyl groups is 1. The van der Waals surface area contributed by atoms with Gasteiger partial charge in [0.1, 0.15) is 12.4 Å². The summed E-state index contributed by atoms with van der Waals surface area (Å²) < 4.78 is 5.91. The third-order valence-corrected chi connectivity index (χ3v) is 7.28. The SMILES string of the molecule is C.C=C(C)C/C(=C/C)c1ccccc1C.C=C(Cc1c[nH]c2ccccc12)OC1CC(C)CC1(O)C(=O)CN.CC.NCC=O. The molecule has 0 amide bonds. The first-order chi connectivity index (χ1) is 21.0. The number of carbonyl (C=O) groups is 2. The van der Waals surface area contributed by atoms with Crippen molar-refractivity contribution in [2.24, 2.45) is 17.4 Å². The molecule has 1 saturated carbocycles. The molecule has 0 aliphatic heterocycles. The second-order valence-corrected chi connectivity index (χ2v) is 10.9. The molecule has 1 fully saturated rings. The quantitative estimate of drug-likeness (QED) is 0.106. The van der Waals surface area contributed by atoms with Gasteiger partial charge in [0.2, 0.25) is 0 Å². The highest BCUT2D eigenvalue weighted by molar-refractivity contribution is 5.89. The van der Waals surface area contributed by atoms with Crippen LogP contribution in [0.1, 0.15) is 78.0 Å². The Morgan fingerprint density at radius 3 is 2.29 bits per heavy atom. The molecule has 7 nitrogen and oxygen atoms in total. The van der Waals surface area contributed by atoms with Crippen LogP contribution in [0.5, 0.6) is 0 Å². The summed E-state index contributed by atoms with van der Waals surface area (Å²) in [7, 11) is 0. The molecular formula is C38H57N3O4. The van der Waals surface area contributed by atoms with Gasteiger partial charge in [0, 0.05) is 30.1 Å². The van der Waals surface area contributed by atoms with Gasteiger partial charge in [-0.15, -0.1) is 0 Å². The fourth-order valence-electron chi connectivity index (χ4n) is 5.27. The number of ketones is 1. The van der Waals surface area contributed by atoms with Gasteiger partial charge in [-0.3, -0.25) is 4.79 Å². The Kier molecular flexibility index (Phi) is 19.3. The van der Waals surface area contributed by atoms with Crippen LogP contribution in [0, 0.1) is 12.8 Å². The molecule has 1 heterocycles. The van der Waals surface area contributed by atoms with Gasteiger partial charge in [-0.2, -0.15) is 0 Å². The summed E-state index contributed by atoms with van der Waals surface area (Å²) >= 11 is 0. The van der Waals surface area contributed by atoms with E-state index in [0.29, 0.717) is 31.3 Å². The number of carbonyl (C=O) groups excluding carboxylic acids is 2. The van der Waals surface area contributed by atoms with Crippen molar-refractivity contribution in [1.29, 1.82) is 0 Å². The molecule has 0 bridgehead atoms. The predicted octanol–water partition coefficient (Wildman–Crippen LogP) is 7.47. The van der Waals surface area contributed by atoms with E-state index in [1.165, 1.54) is 22.3 Å². The van der Waals surface area contributed by atoms with Crippen LogP contribution in [0.3, 0.4) is 0 Å². The summed E-state index contributed by atoms with van der Waals surface area (Å²) in [5.41, 5.74) is 16.0. The lowest BCUT2D eigenvalue weighted by Gasteiger charge is -2.29. The van der Waals surface area contributed by atoms with Gasteiger partial charge in [0.05, 0.1) is 12.3 Å². The molecule has 3 unspecified atom stereocenters. The molecule has 1 aliphatic carbocycles. The Bertz CT molecular complexity index is 1390. The number of rotatable bonds is 10. The smallest absolute Gasteiger partial charge is 0.181 e. The maximum atomic E-state index is 12.1. The highest BCUT2D eigenvalue weighted by Crippen LogP contribution is 2.38. The number of nitrogens with two attached hydrogens (primary N) is 2. The summed E-state index contributed by atoms with van der Waals surface area (Å²) in [6.07, 6.45) is 6.69. The van der Waals surface area contributed by atoms with E-state index in [-0.39, 0.29) is 32.2 Å². The Hall–Kier alpha value is -3.78.